The summed E-state index contributed by atoms with van der Waals surface area (Å²) in [5.74, 6) is -1.24. The van der Waals surface area contributed by atoms with Crippen LogP contribution in [0.25, 0.3) is 0 Å². The molecule has 1 aromatic heterocycles. The summed E-state index contributed by atoms with van der Waals surface area (Å²) in [6.45, 7) is 0. The Kier molecular flexibility index (Phi) is 3.55. The van der Waals surface area contributed by atoms with Crippen molar-refractivity contribution < 1.29 is 21.6 Å². The molecule has 0 atom stereocenters. The number of sulfonamides is 1. The molecular weight excluding hydrogens is 348 g/mol. The highest BCUT2D eigenvalue weighted by molar-refractivity contribution is 14.1. The summed E-state index contributed by atoms with van der Waals surface area (Å²) in [6.07, 6.45) is -2.99. The number of nitrogens with zero attached hydrogens (tertiary/aromatic N) is 1. The van der Waals surface area contributed by atoms with Crippen molar-refractivity contribution in [1.82, 2.24) is 4.98 Å². The summed E-state index contributed by atoms with van der Waals surface area (Å²) < 4.78 is 59.0. The molecular formula is C6H4F3IN2O2S. The minimum Gasteiger partial charge on any atom is -0.230 e. The van der Waals surface area contributed by atoms with E-state index in [0.717, 1.165) is 0 Å². The molecule has 1 rings (SSSR count). The molecule has 0 bridgehead atoms. The van der Waals surface area contributed by atoms with E-state index in [9.17, 15) is 21.6 Å². The maximum absolute atomic E-state index is 13.0. The first-order valence-corrected chi connectivity index (χ1v) is 6.03. The number of nitrogens with two attached hydrogens (primary N) is 1. The van der Waals surface area contributed by atoms with E-state index >= 15 is 0 Å². The Morgan fingerprint density at radius 3 is 2.40 bits per heavy atom. The van der Waals surface area contributed by atoms with Crippen molar-refractivity contribution in [2.75, 3.05) is 0 Å². The molecule has 0 saturated heterocycles. The molecule has 2 N–H and O–H groups in total. The van der Waals surface area contributed by atoms with Crippen molar-refractivity contribution >= 4 is 32.6 Å². The zero-order valence-corrected chi connectivity index (χ0v) is 9.89. The average molecular weight is 352 g/mol. The summed E-state index contributed by atoms with van der Waals surface area (Å²) >= 11 is 1.43. The highest BCUT2D eigenvalue weighted by Crippen LogP contribution is 2.25. The van der Waals surface area contributed by atoms with Crippen LogP contribution >= 0.6 is 22.6 Å². The Labute approximate surface area is 96.9 Å². The number of primary sulfonamides is 1. The quantitative estimate of drug-likeness (QED) is 0.818. The second-order valence-corrected chi connectivity index (χ2v) is 5.13. The predicted molar refractivity (Wildman–Crippen MR) is 53.2 cm³/mol. The third kappa shape index (κ3) is 2.78. The minimum absolute atomic E-state index is 0.160. The molecule has 0 unspecified atom stereocenters. The minimum atomic E-state index is -4.43. The van der Waals surface area contributed by atoms with Crippen LogP contribution in [-0.4, -0.2) is 13.4 Å². The standard InChI is InChI=1S/C6H4F3IN2O2S/c7-2-1-3(10)4(5(8)9)12-6(2)15(11,13)14/h1,5H,(H2,11,13,14). The van der Waals surface area contributed by atoms with Gasteiger partial charge in [0, 0.05) is 3.57 Å². The second-order valence-electron chi connectivity index (χ2n) is 2.49. The lowest BCUT2D eigenvalue weighted by molar-refractivity contribution is 0.144. The molecule has 0 saturated carbocycles. The van der Waals surface area contributed by atoms with Crippen LogP contribution in [0.2, 0.25) is 0 Å². The summed E-state index contributed by atoms with van der Waals surface area (Å²) in [7, 11) is -4.43. The Morgan fingerprint density at radius 1 is 1.47 bits per heavy atom. The van der Waals surface area contributed by atoms with Crippen LogP contribution in [-0.2, 0) is 10.0 Å². The van der Waals surface area contributed by atoms with Gasteiger partial charge in [0.2, 0.25) is 5.03 Å². The zero-order valence-electron chi connectivity index (χ0n) is 6.92. The van der Waals surface area contributed by atoms with Crippen molar-refractivity contribution in [3.8, 4) is 0 Å². The number of rotatable bonds is 2. The lowest BCUT2D eigenvalue weighted by atomic mass is 10.3. The zero-order chi connectivity index (χ0) is 11.8. The molecule has 0 aromatic carbocycles. The van der Waals surface area contributed by atoms with Crippen LogP contribution in [0.15, 0.2) is 11.1 Å². The smallest absolute Gasteiger partial charge is 0.230 e. The van der Waals surface area contributed by atoms with E-state index in [1.165, 1.54) is 22.6 Å². The van der Waals surface area contributed by atoms with E-state index < -0.39 is 33.0 Å². The van der Waals surface area contributed by atoms with E-state index in [4.69, 9.17) is 0 Å². The van der Waals surface area contributed by atoms with Crippen LogP contribution < -0.4 is 5.14 Å². The summed E-state index contributed by atoms with van der Waals surface area (Å²) in [5, 5.41) is 3.43. The van der Waals surface area contributed by atoms with Crippen LogP contribution in [0.3, 0.4) is 0 Å². The highest BCUT2D eigenvalue weighted by Gasteiger charge is 2.23. The number of pyridine rings is 1. The Balaban J connectivity index is 3.50. The molecule has 0 radical (unpaired) electrons. The second kappa shape index (κ2) is 4.22. The van der Waals surface area contributed by atoms with Crippen molar-refractivity contribution in [3.63, 3.8) is 0 Å². The van der Waals surface area contributed by atoms with Crippen LogP contribution in [0, 0.1) is 9.39 Å². The number of hydrogen-bond donors (Lipinski definition) is 1. The van der Waals surface area contributed by atoms with Gasteiger partial charge in [0.15, 0.2) is 5.82 Å². The molecule has 0 aliphatic rings. The number of hydrogen-bond acceptors (Lipinski definition) is 3. The first-order chi connectivity index (χ1) is 6.73. The molecule has 0 aliphatic carbocycles. The maximum Gasteiger partial charge on any atom is 0.281 e. The van der Waals surface area contributed by atoms with Gasteiger partial charge in [-0.1, -0.05) is 0 Å². The van der Waals surface area contributed by atoms with Crippen molar-refractivity contribution in [3.05, 3.63) is 21.1 Å². The summed E-state index contributed by atoms with van der Waals surface area (Å²) in [5.41, 5.74) is -0.805. The summed E-state index contributed by atoms with van der Waals surface area (Å²) in [4.78, 5) is 3.00. The van der Waals surface area contributed by atoms with Gasteiger partial charge in [0.1, 0.15) is 5.69 Å². The Hall–Kier alpha value is -0.420. The van der Waals surface area contributed by atoms with E-state index in [1.807, 2.05) is 0 Å². The van der Waals surface area contributed by atoms with Gasteiger partial charge in [-0.25, -0.2) is 31.7 Å². The molecule has 1 heterocycles. The van der Waals surface area contributed by atoms with Gasteiger partial charge in [0.05, 0.1) is 0 Å². The van der Waals surface area contributed by atoms with Gasteiger partial charge in [-0.05, 0) is 28.7 Å². The monoisotopic (exact) mass is 352 g/mol. The number of alkyl halides is 2. The van der Waals surface area contributed by atoms with Gasteiger partial charge in [-0.15, -0.1) is 0 Å². The topological polar surface area (TPSA) is 73.1 Å². The van der Waals surface area contributed by atoms with Gasteiger partial charge >= 0.3 is 0 Å². The van der Waals surface area contributed by atoms with Crippen molar-refractivity contribution in [1.29, 1.82) is 0 Å². The Morgan fingerprint density at radius 2 is 2.00 bits per heavy atom. The van der Waals surface area contributed by atoms with Crippen LogP contribution in [0.5, 0.6) is 0 Å². The summed E-state index contributed by atoms with van der Waals surface area (Å²) in [6, 6.07) is 0.648. The van der Waals surface area contributed by atoms with Gasteiger partial charge in [0.25, 0.3) is 16.4 Å². The number of halogens is 4. The fourth-order valence-electron chi connectivity index (χ4n) is 0.816. The maximum atomic E-state index is 13.0. The van der Waals surface area contributed by atoms with Crippen LogP contribution in [0.1, 0.15) is 12.1 Å². The van der Waals surface area contributed by atoms with E-state index in [1.54, 1.807) is 0 Å². The first kappa shape index (κ1) is 12.6. The van der Waals surface area contributed by atoms with E-state index in [2.05, 4.69) is 10.1 Å². The number of aromatic nitrogens is 1. The molecule has 4 nitrogen and oxygen atoms in total. The predicted octanol–water partition coefficient (Wildman–Crippen LogP) is 1.41. The highest BCUT2D eigenvalue weighted by atomic mass is 127. The van der Waals surface area contributed by atoms with Gasteiger partial charge < -0.3 is 0 Å². The Bertz CT molecular complexity index is 491. The normalized spacial score (nSPS) is 12.1. The van der Waals surface area contributed by atoms with Crippen LogP contribution in [0.4, 0.5) is 13.2 Å². The van der Waals surface area contributed by atoms with E-state index in [-0.39, 0.29) is 3.57 Å². The molecule has 1 aromatic rings. The SMILES string of the molecule is NS(=O)(=O)c1nc(C(F)F)c(I)cc1F. The lowest BCUT2D eigenvalue weighted by Gasteiger charge is -2.05. The third-order valence-corrected chi connectivity index (χ3v) is 3.09. The van der Waals surface area contributed by atoms with Crippen molar-refractivity contribution in [2.24, 2.45) is 5.14 Å². The molecule has 9 heteroatoms. The molecule has 0 fully saturated rings. The molecule has 0 aliphatic heterocycles. The van der Waals surface area contributed by atoms with Crippen molar-refractivity contribution in [2.45, 2.75) is 11.5 Å². The third-order valence-electron chi connectivity index (χ3n) is 1.40. The average Bonchev–Trinajstić information content (AvgIpc) is 2.00. The van der Waals surface area contributed by atoms with Gasteiger partial charge in [-0.2, -0.15) is 0 Å². The van der Waals surface area contributed by atoms with Gasteiger partial charge in [-0.3, -0.25) is 0 Å². The fraction of sp³-hybridized carbons (Fsp3) is 0.167. The molecule has 0 amide bonds. The van der Waals surface area contributed by atoms with E-state index in [0.29, 0.717) is 6.07 Å². The molecule has 15 heavy (non-hydrogen) atoms. The molecule has 84 valence electrons. The lowest BCUT2D eigenvalue weighted by Crippen LogP contribution is -2.17. The fourth-order valence-corrected chi connectivity index (χ4v) is 2.00. The largest absolute Gasteiger partial charge is 0.281 e. The molecule has 0 spiro atoms. The first-order valence-electron chi connectivity index (χ1n) is 3.40.